The molecule has 172 valence electrons. The van der Waals surface area contributed by atoms with Crippen LogP contribution >= 0.6 is 0 Å². The fraction of sp³-hybridized carbons (Fsp3) is 0.115. The highest BCUT2D eigenvalue weighted by Crippen LogP contribution is 2.32. The Kier molecular flexibility index (Phi) is 6.58. The number of nitrogens with zero attached hydrogens (tertiary/aromatic N) is 2. The molecule has 0 aliphatic carbocycles. The molecule has 5 nitrogen and oxygen atoms in total. The summed E-state index contributed by atoms with van der Waals surface area (Å²) in [5.74, 6) is -0.105. The summed E-state index contributed by atoms with van der Waals surface area (Å²) in [6.45, 7) is 0. The molecular weight excluding hydrogens is 441 g/mol. The van der Waals surface area contributed by atoms with Gasteiger partial charge in [-0.05, 0) is 65.9 Å². The van der Waals surface area contributed by atoms with Gasteiger partial charge in [-0.25, -0.2) is 9.97 Å². The second-order valence-electron chi connectivity index (χ2n) is 7.68. The number of anilines is 2. The summed E-state index contributed by atoms with van der Waals surface area (Å²) in [5.41, 5.74) is 8.85. The van der Waals surface area contributed by atoms with Gasteiger partial charge < -0.3 is 11.1 Å². The van der Waals surface area contributed by atoms with Gasteiger partial charge in [0.1, 0.15) is 0 Å². The van der Waals surface area contributed by atoms with Crippen molar-refractivity contribution in [1.82, 2.24) is 9.97 Å². The molecule has 8 heteroatoms. The smallest absolute Gasteiger partial charge is 0.368 e. The number of aryl methyl sites for hydroxylation is 2. The molecule has 0 fully saturated rings. The van der Waals surface area contributed by atoms with Crippen LogP contribution in [0.25, 0.3) is 11.1 Å². The number of nitrogen functional groups attached to an aromatic ring is 1. The quantitative estimate of drug-likeness (QED) is 0.381. The predicted octanol–water partition coefficient (Wildman–Crippen LogP) is 5.78. The minimum Gasteiger partial charge on any atom is -0.368 e. The van der Waals surface area contributed by atoms with E-state index in [1.165, 1.54) is 12.1 Å². The average Bonchev–Trinajstić information content (AvgIpc) is 2.83. The van der Waals surface area contributed by atoms with Crippen molar-refractivity contribution in [3.63, 3.8) is 0 Å². The number of hydrogen-bond donors (Lipinski definition) is 2. The second-order valence-corrected chi connectivity index (χ2v) is 7.68. The van der Waals surface area contributed by atoms with E-state index in [9.17, 15) is 18.0 Å². The maximum Gasteiger partial charge on any atom is 0.416 e. The molecule has 1 aromatic heterocycles. The van der Waals surface area contributed by atoms with E-state index >= 15 is 0 Å². The molecule has 4 rings (SSSR count). The van der Waals surface area contributed by atoms with Crippen LogP contribution in [0.5, 0.6) is 0 Å². The lowest BCUT2D eigenvalue weighted by atomic mass is 9.98. The molecule has 3 N–H and O–H groups in total. The molecule has 0 spiro atoms. The molecule has 4 aromatic rings. The summed E-state index contributed by atoms with van der Waals surface area (Å²) in [7, 11) is 0. The second kappa shape index (κ2) is 9.74. The van der Waals surface area contributed by atoms with Crippen LogP contribution in [-0.2, 0) is 19.0 Å². The number of halogens is 3. The maximum absolute atomic E-state index is 12.9. The number of aromatic nitrogens is 2. The Morgan fingerprint density at radius 1 is 0.882 bits per heavy atom. The Labute approximate surface area is 194 Å². The van der Waals surface area contributed by atoms with Gasteiger partial charge in [0.25, 0.3) is 5.91 Å². The van der Waals surface area contributed by atoms with E-state index in [2.05, 4.69) is 15.3 Å². The van der Waals surface area contributed by atoms with Crippen LogP contribution in [0.1, 0.15) is 27.2 Å². The standard InChI is InChI=1S/C26H21F3N4O/c27-26(28,29)19-10-8-18(9-11-19)22-3-1-2-4-23(22)24(34)32-20-12-5-17(6-13-20)7-14-21-15-16-31-25(30)33-21/h1-6,8-13,15-16H,7,14H2,(H,32,34)(H2,30,31,33). The molecule has 0 aliphatic rings. The first-order valence-electron chi connectivity index (χ1n) is 10.5. The normalized spacial score (nSPS) is 11.3. The number of benzene rings is 3. The molecule has 0 saturated heterocycles. The van der Waals surface area contributed by atoms with E-state index in [4.69, 9.17) is 5.73 Å². The summed E-state index contributed by atoms with van der Waals surface area (Å²) in [4.78, 5) is 21.0. The minimum atomic E-state index is -4.41. The third-order valence-corrected chi connectivity index (χ3v) is 5.31. The molecule has 0 saturated carbocycles. The predicted molar refractivity (Wildman–Crippen MR) is 125 cm³/mol. The molecule has 0 aliphatic heterocycles. The monoisotopic (exact) mass is 462 g/mol. The average molecular weight is 462 g/mol. The topological polar surface area (TPSA) is 80.9 Å². The highest BCUT2D eigenvalue weighted by Gasteiger charge is 2.30. The van der Waals surface area contributed by atoms with Crippen molar-refractivity contribution in [2.75, 3.05) is 11.1 Å². The van der Waals surface area contributed by atoms with Crippen molar-refractivity contribution in [1.29, 1.82) is 0 Å². The summed E-state index contributed by atoms with van der Waals surface area (Å²) in [5, 5.41) is 2.86. The number of hydrogen-bond acceptors (Lipinski definition) is 4. The first-order valence-corrected chi connectivity index (χ1v) is 10.5. The van der Waals surface area contributed by atoms with E-state index in [-0.39, 0.29) is 11.9 Å². The van der Waals surface area contributed by atoms with Gasteiger partial charge in [-0.15, -0.1) is 0 Å². The van der Waals surface area contributed by atoms with Gasteiger partial charge in [0.05, 0.1) is 5.56 Å². The van der Waals surface area contributed by atoms with Crippen LogP contribution in [0.2, 0.25) is 0 Å². The summed E-state index contributed by atoms with van der Waals surface area (Å²) in [6, 6.07) is 20.8. The van der Waals surface area contributed by atoms with Crippen LogP contribution in [0.15, 0.2) is 85.1 Å². The van der Waals surface area contributed by atoms with Crippen LogP contribution in [0, 0.1) is 0 Å². The molecular formula is C26H21F3N4O. The fourth-order valence-corrected chi connectivity index (χ4v) is 3.55. The Morgan fingerprint density at radius 3 is 2.26 bits per heavy atom. The number of nitrogens with two attached hydrogens (primary N) is 1. The van der Waals surface area contributed by atoms with Crippen LogP contribution in [-0.4, -0.2) is 15.9 Å². The van der Waals surface area contributed by atoms with Crippen LogP contribution < -0.4 is 11.1 Å². The molecule has 1 heterocycles. The summed E-state index contributed by atoms with van der Waals surface area (Å²) >= 11 is 0. The highest BCUT2D eigenvalue weighted by molar-refractivity contribution is 6.08. The number of alkyl halides is 3. The Bertz CT molecular complexity index is 1290. The van der Waals surface area contributed by atoms with Gasteiger partial charge in [-0.2, -0.15) is 13.2 Å². The lowest BCUT2D eigenvalue weighted by Gasteiger charge is -2.12. The van der Waals surface area contributed by atoms with E-state index in [1.54, 1.807) is 30.5 Å². The minimum absolute atomic E-state index is 0.243. The van der Waals surface area contributed by atoms with Crippen molar-refractivity contribution >= 4 is 17.5 Å². The third kappa shape index (κ3) is 5.58. The molecule has 34 heavy (non-hydrogen) atoms. The lowest BCUT2D eigenvalue weighted by molar-refractivity contribution is -0.137. The summed E-state index contributed by atoms with van der Waals surface area (Å²) in [6.07, 6.45) is -1.33. The van der Waals surface area contributed by atoms with Crippen molar-refractivity contribution in [3.8, 4) is 11.1 Å². The van der Waals surface area contributed by atoms with Crippen molar-refractivity contribution < 1.29 is 18.0 Å². The van der Waals surface area contributed by atoms with Gasteiger partial charge in [0.15, 0.2) is 0 Å². The van der Waals surface area contributed by atoms with Gasteiger partial charge in [0, 0.05) is 23.1 Å². The number of amides is 1. The maximum atomic E-state index is 12.9. The van der Waals surface area contributed by atoms with E-state index < -0.39 is 11.7 Å². The molecule has 0 unspecified atom stereocenters. The van der Waals surface area contributed by atoms with Crippen molar-refractivity contribution in [2.24, 2.45) is 0 Å². The zero-order chi connectivity index (χ0) is 24.1. The third-order valence-electron chi connectivity index (χ3n) is 5.31. The zero-order valence-corrected chi connectivity index (χ0v) is 18.0. The molecule has 0 bridgehead atoms. The SMILES string of the molecule is Nc1nccc(CCc2ccc(NC(=O)c3ccccc3-c3ccc(C(F)(F)F)cc3)cc2)n1. The van der Waals surface area contributed by atoms with Gasteiger partial charge in [-0.1, -0.05) is 42.5 Å². The number of carbonyl (C=O) groups is 1. The van der Waals surface area contributed by atoms with E-state index in [1.807, 2.05) is 30.3 Å². The first-order chi connectivity index (χ1) is 16.3. The van der Waals surface area contributed by atoms with Gasteiger partial charge >= 0.3 is 6.18 Å². The number of carbonyl (C=O) groups excluding carboxylic acids is 1. The Morgan fingerprint density at radius 2 is 1.59 bits per heavy atom. The molecule has 1 amide bonds. The Hall–Kier alpha value is -4.20. The van der Waals surface area contributed by atoms with Crippen LogP contribution in [0.4, 0.5) is 24.8 Å². The molecule has 3 aromatic carbocycles. The highest BCUT2D eigenvalue weighted by atomic mass is 19.4. The fourth-order valence-electron chi connectivity index (χ4n) is 3.55. The number of nitrogens with one attached hydrogen (secondary N) is 1. The largest absolute Gasteiger partial charge is 0.416 e. The molecule has 0 atom stereocenters. The van der Waals surface area contributed by atoms with E-state index in [0.29, 0.717) is 28.8 Å². The van der Waals surface area contributed by atoms with Gasteiger partial charge in [-0.3, -0.25) is 4.79 Å². The molecule has 0 radical (unpaired) electrons. The summed E-state index contributed by atoms with van der Waals surface area (Å²) < 4.78 is 38.6. The zero-order valence-electron chi connectivity index (χ0n) is 18.0. The van der Waals surface area contributed by atoms with Gasteiger partial charge in [0.2, 0.25) is 5.95 Å². The lowest BCUT2D eigenvalue weighted by Crippen LogP contribution is -2.13. The first kappa shape index (κ1) is 23.0. The van der Waals surface area contributed by atoms with Crippen molar-refractivity contribution in [2.45, 2.75) is 19.0 Å². The van der Waals surface area contributed by atoms with Crippen molar-refractivity contribution in [3.05, 3.63) is 107 Å². The Balaban J connectivity index is 1.45. The van der Waals surface area contributed by atoms with E-state index in [0.717, 1.165) is 29.8 Å². The van der Waals surface area contributed by atoms with Crippen LogP contribution in [0.3, 0.4) is 0 Å². The number of rotatable bonds is 6.